The molecule has 0 unspecified atom stereocenters. The molecule has 7 nitrogen and oxygen atoms in total. The molecule has 1 aromatic carbocycles. The third kappa shape index (κ3) is 5.36. The van der Waals surface area contributed by atoms with Crippen molar-refractivity contribution in [2.75, 3.05) is 6.61 Å². The molecule has 0 aliphatic rings. The van der Waals surface area contributed by atoms with Gasteiger partial charge in [-0.3, -0.25) is 9.59 Å². The van der Waals surface area contributed by atoms with Crippen molar-refractivity contribution in [1.29, 1.82) is 0 Å². The number of para-hydroxylation sites is 1. The van der Waals surface area contributed by atoms with E-state index >= 15 is 0 Å². The molecular formula is C18H20N2O5S2. The van der Waals surface area contributed by atoms with Crippen LogP contribution in [-0.4, -0.2) is 38.7 Å². The van der Waals surface area contributed by atoms with Gasteiger partial charge in [0, 0.05) is 36.9 Å². The second-order valence-electron chi connectivity index (χ2n) is 5.56. The van der Waals surface area contributed by atoms with Crippen molar-refractivity contribution in [3.63, 3.8) is 0 Å². The molecule has 0 aliphatic carbocycles. The molecular weight excluding hydrogens is 388 g/mol. The van der Waals surface area contributed by atoms with Crippen molar-refractivity contribution in [3.8, 4) is 0 Å². The van der Waals surface area contributed by atoms with Crippen molar-refractivity contribution in [3.05, 3.63) is 35.5 Å². The van der Waals surface area contributed by atoms with Gasteiger partial charge in [-0.2, -0.15) is 0 Å². The highest BCUT2D eigenvalue weighted by molar-refractivity contribution is 8.29. The van der Waals surface area contributed by atoms with Crippen molar-refractivity contribution in [2.45, 2.75) is 31.8 Å². The number of rotatable bonds is 7. The first-order valence-electron chi connectivity index (χ1n) is 8.19. The number of nitrogens with zero attached hydrogens (tertiary/aromatic N) is 1. The number of carbonyl (C=O) groups is 3. The summed E-state index contributed by atoms with van der Waals surface area (Å²) in [6.07, 6.45) is 0.00209. The van der Waals surface area contributed by atoms with E-state index in [0.717, 1.165) is 34.4 Å². The maximum Gasteiger partial charge on any atom is 0.356 e. The Morgan fingerprint density at radius 3 is 2.37 bits per heavy atom. The Bertz CT molecular complexity index is 875. The van der Waals surface area contributed by atoms with Crippen molar-refractivity contribution >= 4 is 56.3 Å². The number of benzene rings is 1. The van der Waals surface area contributed by atoms with Crippen LogP contribution in [0.2, 0.25) is 0 Å². The Hall–Kier alpha value is -2.26. The van der Waals surface area contributed by atoms with Crippen LogP contribution in [0.25, 0.3) is 10.9 Å². The van der Waals surface area contributed by atoms with Gasteiger partial charge in [-0.1, -0.05) is 46.9 Å². The third-order valence-corrected chi connectivity index (χ3v) is 5.75. The molecule has 2 aromatic rings. The van der Waals surface area contributed by atoms with Crippen LogP contribution < -0.4 is 0 Å². The predicted octanol–water partition coefficient (Wildman–Crippen LogP) is 3.66. The minimum Gasteiger partial charge on any atom is -0.461 e. The van der Waals surface area contributed by atoms with Gasteiger partial charge in [-0.15, -0.1) is 0 Å². The highest BCUT2D eigenvalue weighted by Crippen LogP contribution is 2.43. The standard InChI is InChI=1S/C18H20N2O5S2/c1-4-25-17(23)15(20-24)9-13-12-7-5-6-8-14(12)19-16(13)18(26-10(2)21)27-11(3)22/h5-8,18-19,24H,4,9H2,1-3H3/b20-15+. The van der Waals surface area contributed by atoms with E-state index in [1.165, 1.54) is 13.8 Å². The number of H-pyrrole nitrogens is 1. The Labute approximate surface area is 164 Å². The number of hydrogen-bond donors (Lipinski definition) is 2. The summed E-state index contributed by atoms with van der Waals surface area (Å²) in [5.74, 6) is -0.716. The van der Waals surface area contributed by atoms with Crippen LogP contribution in [0.1, 0.15) is 36.6 Å². The fourth-order valence-electron chi connectivity index (χ4n) is 2.59. The van der Waals surface area contributed by atoms with Gasteiger partial charge in [0.25, 0.3) is 0 Å². The first-order chi connectivity index (χ1) is 12.9. The molecule has 2 rings (SSSR count). The summed E-state index contributed by atoms with van der Waals surface area (Å²) in [5.41, 5.74) is 1.95. The quantitative estimate of drug-likeness (QED) is 0.237. The van der Waals surface area contributed by atoms with Crippen LogP contribution in [0.5, 0.6) is 0 Å². The average molecular weight is 409 g/mol. The number of fused-ring (bicyclic) bond motifs is 1. The van der Waals surface area contributed by atoms with Crippen LogP contribution in [0.4, 0.5) is 0 Å². The van der Waals surface area contributed by atoms with Crippen LogP contribution in [0.3, 0.4) is 0 Å². The summed E-state index contributed by atoms with van der Waals surface area (Å²) >= 11 is 2.03. The number of nitrogens with one attached hydrogen (secondary N) is 1. The molecule has 0 aliphatic heterocycles. The number of aromatic amines is 1. The number of carbonyl (C=O) groups excluding carboxylic acids is 3. The number of esters is 1. The van der Waals surface area contributed by atoms with Crippen molar-refractivity contribution < 1.29 is 24.3 Å². The molecule has 1 aromatic heterocycles. The summed E-state index contributed by atoms with van der Waals surface area (Å²) in [5, 5.41) is 12.9. The van der Waals surface area contributed by atoms with E-state index in [0.29, 0.717) is 11.3 Å². The van der Waals surface area contributed by atoms with Crippen LogP contribution >= 0.6 is 23.5 Å². The lowest BCUT2D eigenvalue weighted by atomic mass is 10.0. The Kier molecular flexibility index (Phi) is 7.49. The second-order valence-corrected chi connectivity index (χ2v) is 8.42. The lowest BCUT2D eigenvalue weighted by molar-refractivity contribution is -0.135. The monoisotopic (exact) mass is 408 g/mol. The first-order valence-corrected chi connectivity index (χ1v) is 9.95. The molecule has 9 heteroatoms. The topological polar surface area (TPSA) is 109 Å². The number of hydrogen-bond acceptors (Lipinski definition) is 8. The molecule has 144 valence electrons. The highest BCUT2D eigenvalue weighted by atomic mass is 32.2. The molecule has 0 fully saturated rings. The zero-order valence-corrected chi connectivity index (χ0v) is 16.8. The highest BCUT2D eigenvalue weighted by Gasteiger charge is 2.27. The van der Waals surface area contributed by atoms with Gasteiger partial charge in [-0.05, 0) is 18.6 Å². The van der Waals surface area contributed by atoms with E-state index in [-0.39, 0.29) is 29.0 Å². The zero-order valence-electron chi connectivity index (χ0n) is 15.1. The third-order valence-electron chi connectivity index (χ3n) is 3.60. The van der Waals surface area contributed by atoms with Crippen LogP contribution in [0.15, 0.2) is 29.4 Å². The number of aromatic nitrogens is 1. The zero-order chi connectivity index (χ0) is 20.0. The van der Waals surface area contributed by atoms with Crippen LogP contribution in [-0.2, 0) is 25.5 Å². The number of ether oxygens (including phenoxy) is 1. The maximum atomic E-state index is 12.0. The molecule has 0 radical (unpaired) electrons. The first kappa shape index (κ1) is 21.0. The number of thioether (sulfide) groups is 2. The molecule has 2 N–H and O–H groups in total. The molecule has 0 saturated carbocycles. The van der Waals surface area contributed by atoms with Gasteiger partial charge in [0.15, 0.2) is 15.9 Å². The lowest BCUT2D eigenvalue weighted by Crippen LogP contribution is -2.20. The van der Waals surface area contributed by atoms with E-state index in [4.69, 9.17) is 4.74 Å². The van der Waals surface area contributed by atoms with Gasteiger partial charge in [0.1, 0.15) is 4.58 Å². The van der Waals surface area contributed by atoms with Crippen LogP contribution in [0, 0.1) is 0 Å². The Balaban J connectivity index is 2.55. The minimum atomic E-state index is -0.716. The largest absolute Gasteiger partial charge is 0.461 e. The molecule has 0 bridgehead atoms. The molecule has 27 heavy (non-hydrogen) atoms. The van der Waals surface area contributed by atoms with Gasteiger partial charge < -0.3 is 14.9 Å². The van der Waals surface area contributed by atoms with Crippen molar-refractivity contribution in [1.82, 2.24) is 4.98 Å². The number of oxime groups is 1. The smallest absolute Gasteiger partial charge is 0.356 e. The minimum absolute atomic E-state index is 0.00209. The predicted molar refractivity (Wildman–Crippen MR) is 107 cm³/mol. The van der Waals surface area contributed by atoms with Gasteiger partial charge >= 0.3 is 5.97 Å². The summed E-state index contributed by atoms with van der Waals surface area (Å²) in [4.78, 5) is 38.7. The van der Waals surface area contributed by atoms with E-state index in [2.05, 4.69) is 10.1 Å². The van der Waals surface area contributed by atoms with E-state index in [9.17, 15) is 19.6 Å². The van der Waals surface area contributed by atoms with E-state index in [1.807, 2.05) is 24.3 Å². The van der Waals surface area contributed by atoms with E-state index in [1.54, 1.807) is 6.92 Å². The molecule has 0 spiro atoms. The second kappa shape index (κ2) is 9.61. The summed E-state index contributed by atoms with van der Waals surface area (Å²) in [7, 11) is 0. The van der Waals surface area contributed by atoms with Gasteiger partial charge in [0.05, 0.1) is 6.61 Å². The molecule has 1 heterocycles. The fraction of sp³-hybridized carbons (Fsp3) is 0.333. The summed E-state index contributed by atoms with van der Waals surface area (Å²) in [6, 6.07) is 7.41. The van der Waals surface area contributed by atoms with Gasteiger partial charge in [0.2, 0.25) is 0 Å². The summed E-state index contributed by atoms with van der Waals surface area (Å²) < 4.78 is 4.42. The Morgan fingerprint density at radius 1 is 1.19 bits per heavy atom. The summed E-state index contributed by atoms with van der Waals surface area (Å²) in [6.45, 7) is 4.68. The normalized spacial score (nSPS) is 11.8. The molecule has 0 atom stereocenters. The fourth-order valence-corrected chi connectivity index (χ4v) is 4.83. The lowest BCUT2D eigenvalue weighted by Gasteiger charge is -2.14. The van der Waals surface area contributed by atoms with E-state index < -0.39 is 10.6 Å². The van der Waals surface area contributed by atoms with Crippen molar-refractivity contribution in [2.24, 2.45) is 5.16 Å². The van der Waals surface area contributed by atoms with Gasteiger partial charge in [-0.25, -0.2) is 4.79 Å². The molecule has 0 amide bonds. The molecule has 0 saturated heterocycles. The SMILES string of the molecule is CCOC(=O)/C(Cc1c(C(SC(C)=O)SC(C)=O)[nH]c2ccccc12)=N/O. The average Bonchev–Trinajstić information content (AvgIpc) is 2.97. The Morgan fingerprint density at radius 2 is 1.81 bits per heavy atom. The maximum absolute atomic E-state index is 12.0.